The Morgan fingerprint density at radius 3 is 2.04 bits per heavy atom. The molecule has 0 aliphatic heterocycles. The van der Waals surface area contributed by atoms with Gasteiger partial charge in [0, 0.05) is 55.5 Å². The highest BCUT2D eigenvalue weighted by Crippen LogP contribution is 2.76. The van der Waals surface area contributed by atoms with E-state index >= 15 is 0 Å². The normalized spacial score (nSPS) is 34.0. The zero-order valence-electron chi connectivity index (χ0n) is 28.8. The molecule has 5 heterocycles. The van der Waals surface area contributed by atoms with Crippen molar-refractivity contribution in [1.82, 2.24) is 14.4 Å². The van der Waals surface area contributed by atoms with Gasteiger partial charge in [0.25, 0.3) is 0 Å². The van der Waals surface area contributed by atoms with Crippen LogP contribution in [0.15, 0.2) is 71.4 Å². The van der Waals surface area contributed by atoms with Gasteiger partial charge in [0.05, 0.1) is 28.9 Å². The van der Waals surface area contributed by atoms with Crippen molar-refractivity contribution in [3.8, 4) is 11.1 Å². The number of pyridine rings is 2. The van der Waals surface area contributed by atoms with Crippen molar-refractivity contribution in [3.63, 3.8) is 0 Å². The second-order valence-electron chi connectivity index (χ2n) is 18.6. The Labute approximate surface area is 295 Å². The molecular weight excluding hydrogens is 623 g/mol. The Morgan fingerprint density at radius 1 is 0.569 bits per heavy atom. The number of benzene rings is 3. The van der Waals surface area contributed by atoms with Crippen LogP contribution < -0.4 is 0 Å². The number of rotatable bonds is 1. The highest BCUT2D eigenvalue weighted by atomic mass is 16.3. The van der Waals surface area contributed by atoms with E-state index in [0.29, 0.717) is 29.1 Å². The fraction of sp³-hybridized carbons (Fsp3) is 0.404. The van der Waals surface area contributed by atoms with E-state index in [1.54, 1.807) is 11.1 Å². The van der Waals surface area contributed by atoms with Crippen LogP contribution in [0.2, 0.25) is 0 Å². The fourth-order valence-electron chi connectivity index (χ4n) is 15.0. The molecular formula is C47H39N3O. The van der Waals surface area contributed by atoms with Crippen LogP contribution >= 0.6 is 0 Å². The van der Waals surface area contributed by atoms with Crippen molar-refractivity contribution in [2.45, 2.75) is 87.9 Å². The first-order chi connectivity index (χ1) is 25.2. The zero-order valence-corrected chi connectivity index (χ0v) is 28.8. The van der Waals surface area contributed by atoms with Gasteiger partial charge in [0.15, 0.2) is 0 Å². The first-order valence-corrected chi connectivity index (χ1v) is 20.1. The molecule has 1 spiro atoms. The lowest BCUT2D eigenvalue weighted by molar-refractivity contribution is 0.00321. The highest BCUT2D eigenvalue weighted by molar-refractivity contribution is 6.26. The van der Waals surface area contributed by atoms with Crippen molar-refractivity contribution in [2.75, 3.05) is 0 Å². The molecule has 4 heteroatoms. The van der Waals surface area contributed by atoms with E-state index in [1.807, 2.05) is 0 Å². The van der Waals surface area contributed by atoms with Gasteiger partial charge < -0.3 is 8.82 Å². The highest BCUT2D eigenvalue weighted by Gasteiger charge is 2.66. The van der Waals surface area contributed by atoms with Crippen molar-refractivity contribution < 1.29 is 4.42 Å². The minimum Gasteiger partial charge on any atom is -0.456 e. The number of nitrogens with zero attached hydrogens (tertiary/aromatic N) is 3. The van der Waals surface area contributed by atoms with Gasteiger partial charge in [-0.2, -0.15) is 0 Å². The summed E-state index contributed by atoms with van der Waals surface area (Å²) in [6.07, 6.45) is 18.4. The minimum atomic E-state index is 0.614. The fourth-order valence-corrected chi connectivity index (χ4v) is 15.0. The third-order valence-electron chi connectivity index (χ3n) is 16.6. The molecule has 0 radical (unpaired) electrons. The molecule has 51 heavy (non-hydrogen) atoms. The van der Waals surface area contributed by atoms with Crippen LogP contribution in [0, 0.1) is 29.1 Å². The topological polar surface area (TPSA) is 43.3 Å². The van der Waals surface area contributed by atoms with Gasteiger partial charge >= 0.3 is 0 Å². The molecule has 0 saturated heterocycles. The summed E-state index contributed by atoms with van der Waals surface area (Å²) in [5, 5.41) is 8.28. The average Bonchev–Trinajstić information content (AvgIpc) is 3.89. The van der Waals surface area contributed by atoms with Gasteiger partial charge in [0.2, 0.25) is 0 Å². The van der Waals surface area contributed by atoms with Gasteiger partial charge in [-0.25, -0.2) is 0 Å². The van der Waals surface area contributed by atoms with Crippen LogP contribution in [0.5, 0.6) is 0 Å². The molecule has 5 fully saturated rings. The van der Waals surface area contributed by atoms with Crippen LogP contribution in [-0.2, 0) is 0 Å². The Kier molecular flexibility index (Phi) is 4.36. The molecule has 8 aliphatic carbocycles. The third kappa shape index (κ3) is 2.94. The van der Waals surface area contributed by atoms with E-state index in [1.165, 1.54) is 136 Å². The second-order valence-corrected chi connectivity index (χ2v) is 18.6. The summed E-state index contributed by atoms with van der Waals surface area (Å²) in [5.41, 5.74) is 15.3. The van der Waals surface area contributed by atoms with E-state index in [9.17, 15) is 0 Å². The van der Waals surface area contributed by atoms with Gasteiger partial charge in [0.1, 0.15) is 11.2 Å². The number of para-hydroxylation sites is 1. The SMILES string of the molecule is c1ccc2c(c1)oc1cc(-c3cc4c5c6c(ncc5n5c7cnc8c(c7c(c3)c45)C3CC4CC5CC8CC54C3)C3CC4CC(C3)CC6C4)ccc12. The van der Waals surface area contributed by atoms with E-state index < -0.39 is 0 Å². The van der Waals surface area contributed by atoms with Crippen LogP contribution in [0.3, 0.4) is 0 Å². The van der Waals surface area contributed by atoms with Gasteiger partial charge in [-0.3, -0.25) is 9.97 Å². The lowest BCUT2D eigenvalue weighted by atomic mass is 9.56. The van der Waals surface area contributed by atoms with Crippen molar-refractivity contribution >= 4 is 60.0 Å². The van der Waals surface area contributed by atoms with E-state index in [0.717, 1.165) is 34.8 Å². The summed E-state index contributed by atoms with van der Waals surface area (Å²) in [5.74, 6) is 6.17. The molecule has 4 nitrogen and oxygen atoms in total. The van der Waals surface area contributed by atoms with E-state index in [2.05, 4.69) is 71.4 Å². The maximum atomic E-state index is 6.47. The Morgan fingerprint density at radius 2 is 1.24 bits per heavy atom. The average molecular weight is 662 g/mol. The maximum Gasteiger partial charge on any atom is 0.136 e. The summed E-state index contributed by atoms with van der Waals surface area (Å²) in [6.45, 7) is 0. The number of furan rings is 1. The number of fused-ring (bicyclic) bond motifs is 15. The van der Waals surface area contributed by atoms with Gasteiger partial charge in [-0.05, 0) is 158 Å². The first kappa shape index (κ1) is 26.4. The van der Waals surface area contributed by atoms with Gasteiger partial charge in [-0.15, -0.1) is 0 Å². The summed E-state index contributed by atoms with van der Waals surface area (Å²) < 4.78 is 9.10. The Bertz CT molecular complexity index is 2900. The largest absolute Gasteiger partial charge is 0.456 e. The zero-order chi connectivity index (χ0) is 32.5. The van der Waals surface area contributed by atoms with Crippen molar-refractivity contribution in [1.29, 1.82) is 0 Å². The lowest BCUT2D eigenvalue weighted by Crippen LogP contribution is -2.41. The van der Waals surface area contributed by atoms with Crippen molar-refractivity contribution in [2.24, 2.45) is 29.1 Å². The van der Waals surface area contributed by atoms with E-state index in [-0.39, 0.29) is 0 Å². The molecule has 0 amide bonds. The van der Waals surface area contributed by atoms with Crippen LogP contribution in [0.1, 0.15) is 110 Å². The summed E-state index contributed by atoms with van der Waals surface area (Å²) in [4.78, 5) is 11.0. The summed E-state index contributed by atoms with van der Waals surface area (Å²) in [7, 11) is 0. The minimum absolute atomic E-state index is 0.614. The molecule has 3 aromatic carbocycles. The molecule has 5 saturated carbocycles. The number of hydrogen-bond donors (Lipinski definition) is 0. The molecule has 7 unspecified atom stereocenters. The van der Waals surface area contributed by atoms with Crippen LogP contribution in [0.25, 0.3) is 71.2 Å². The third-order valence-corrected chi connectivity index (χ3v) is 16.6. The molecule has 8 aliphatic rings. The summed E-state index contributed by atoms with van der Waals surface area (Å²) in [6, 6.07) is 20.5. The Hall–Kier alpha value is -4.44. The number of aromatic nitrogens is 3. The first-order valence-electron chi connectivity index (χ1n) is 20.1. The molecule has 248 valence electrons. The predicted molar refractivity (Wildman–Crippen MR) is 203 cm³/mol. The molecule has 7 atom stereocenters. The monoisotopic (exact) mass is 661 g/mol. The Balaban J connectivity index is 1.08. The van der Waals surface area contributed by atoms with Crippen LogP contribution in [-0.4, -0.2) is 14.4 Å². The second kappa shape index (κ2) is 8.44. The predicted octanol–water partition coefficient (Wildman–Crippen LogP) is 12.0. The standard InChI is InChI=1S/C47H39N3O/c1-2-4-38-32(3-1)33-6-5-24(16-39(33)51-38)25-14-34-42-36(20-48-44-27-10-22-7-23(11-27)9-26(8-22)40(42)44)50-37-21-49-45-29-13-31-17-30-12-28(18-47(30,31)19-29)41(45)43(37)35(15-25)46(34)50/h1-6,14-16,20-23,26-31H,7-13,17-19H2. The molecule has 0 N–H and O–H groups in total. The van der Waals surface area contributed by atoms with Crippen LogP contribution in [0.4, 0.5) is 0 Å². The molecule has 8 aromatic rings. The molecule has 7 bridgehead atoms. The van der Waals surface area contributed by atoms with E-state index in [4.69, 9.17) is 14.4 Å². The van der Waals surface area contributed by atoms with Gasteiger partial charge in [-0.1, -0.05) is 24.3 Å². The molecule has 16 rings (SSSR count). The maximum absolute atomic E-state index is 6.47. The van der Waals surface area contributed by atoms with Crippen molar-refractivity contribution in [3.05, 3.63) is 89.5 Å². The lowest BCUT2D eigenvalue weighted by Gasteiger charge is -2.48. The summed E-state index contributed by atoms with van der Waals surface area (Å²) >= 11 is 0. The quantitative estimate of drug-likeness (QED) is 0.176. The number of hydrogen-bond acceptors (Lipinski definition) is 3. The smallest absolute Gasteiger partial charge is 0.136 e. The molecule has 5 aromatic heterocycles.